The summed E-state index contributed by atoms with van der Waals surface area (Å²) in [6.07, 6.45) is 1.94. The van der Waals surface area contributed by atoms with E-state index >= 15 is 0 Å². The van der Waals surface area contributed by atoms with Gasteiger partial charge in [0.05, 0.1) is 6.04 Å². The van der Waals surface area contributed by atoms with Crippen molar-refractivity contribution >= 4 is 17.5 Å². The first-order chi connectivity index (χ1) is 14.5. The van der Waals surface area contributed by atoms with Gasteiger partial charge in [-0.25, -0.2) is 18.7 Å². The lowest BCUT2D eigenvalue weighted by molar-refractivity contribution is 0.0845. The third-order valence-electron chi connectivity index (χ3n) is 5.15. The second-order valence-corrected chi connectivity index (χ2v) is 7.44. The number of H-pyrrole nitrogens is 1. The zero-order chi connectivity index (χ0) is 21.1. The SMILES string of the molecule is Cc1nc(Nc2cc(C3CCOCC3)[nH]n2)cc(NC(C)c2ccc(F)cc2F)n1. The summed E-state index contributed by atoms with van der Waals surface area (Å²) in [4.78, 5) is 8.77. The van der Waals surface area contributed by atoms with Gasteiger partial charge in [0.25, 0.3) is 0 Å². The first-order valence-electron chi connectivity index (χ1n) is 9.95. The Labute approximate surface area is 173 Å². The van der Waals surface area contributed by atoms with E-state index in [1.807, 2.05) is 6.07 Å². The molecule has 1 fully saturated rings. The van der Waals surface area contributed by atoms with Crippen molar-refractivity contribution in [3.63, 3.8) is 0 Å². The van der Waals surface area contributed by atoms with Crippen LogP contribution in [-0.2, 0) is 4.74 Å². The van der Waals surface area contributed by atoms with Gasteiger partial charge in [0.1, 0.15) is 29.1 Å². The molecule has 4 rings (SSSR count). The highest BCUT2D eigenvalue weighted by atomic mass is 19.1. The summed E-state index contributed by atoms with van der Waals surface area (Å²) < 4.78 is 32.6. The maximum absolute atomic E-state index is 14.1. The standard InChI is InChI=1S/C21H24F2N6O/c1-12(16-4-3-15(22)9-17(16)23)24-19-11-20(26-13(2)25-19)27-21-10-18(28-29-21)14-5-7-30-8-6-14/h3-4,9-12,14H,5-8H2,1-2H3,(H3,24,25,26,27,28,29). The zero-order valence-electron chi connectivity index (χ0n) is 16.9. The van der Waals surface area contributed by atoms with Gasteiger partial charge in [-0.05, 0) is 32.8 Å². The Hall–Kier alpha value is -3.07. The highest BCUT2D eigenvalue weighted by molar-refractivity contribution is 5.57. The summed E-state index contributed by atoms with van der Waals surface area (Å²) in [6.45, 7) is 5.09. The minimum absolute atomic E-state index is 0.357. The average molecular weight is 414 g/mol. The molecule has 158 valence electrons. The van der Waals surface area contributed by atoms with E-state index in [2.05, 4.69) is 30.8 Å². The summed E-state index contributed by atoms with van der Waals surface area (Å²) in [7, 11) is 0. The summed E-state index contributed by atoms with van der Waals surface area (Å²) >= 11 is 0. The maximum atomic E-state index is 14.1. The molecule has 30 heavy (non-hydrogen) atoms. The van der Waals surface area contributed by atoms with Crippen LogP contribution in [-0.4, -0.2) is 33.4 Å². The molecule has 1 saturated heterocycles. The van der Waals surface area contributed by atoms with Gasteiger partial charge in [-0.1, -0.05) is 6.07 Å². The van der Waals surface area contributed by atoms with Crippen molar-refractivity contribution in [1.82, 2.24) is 20.2 Å². The second kappa shape index (κ2) is 8.74. The predicted octanol–water partition coefficient (Wildman–Crippen LogP) is 4.60. The first kappa shape index (κ1) is 20.2. The number of ether oxygens (including phenoxy) is 1. The Kier molecular flexibility index (Phi) is 5.89. The molecule has 1 atom stereocenters. The highest BCUT2D eigenvalue weighted by Crippen LogP contribution is 2.28. The molecule has 0 radical (unpaired) electrons. The van der Waals surface area contributed by atoms with Crippen LogP contribution in [0.4, 0.5) is 26.2 Å². The number of aromatic amines is 1. The minimum Gasteiger partial charge on any atom is -0.381 e. The molecule has 0 aliphatic carbocycles. The molecular weight excluding hydrogens is 390 g/mol. The molecule has 1 aliphatic heterocycles. The van der Waals surface area contributed by atoms with Gasteiger partial charge in [-0.15, -0.1) is 0 Å². The lowest BCUT2D eigenvalue weighted by Crippen LogP contribution is -2.14. The van der Waals surface area contributed by atoms with Crippen LogP contribution < -0.4 is 10.6 Å². The number of anilines is 3. The van der Waals surface area contributed by atoms with E-state index in [0.29, 0.717) is 34.8 Å². The number of nitrogens with one attached hydrogen (secondary N) is 3. The third-order valence-corrected chi connectivity index (χ3v) is 5.15. The van der Waals surface area contributed by atoms with E-state index in [9.17, 15) is 8.78 Å². The fourth-order valence-corrected chi connectivity index (χ4v) is 3.61. The van der Waals surface area contributed by atoms with Crippen LogP contribution in [0.25, 0.3) is 0 Å². The Balaban J connectivity index is 1.47. The van der Waals surface area contributed by atoms with E-state index in [-0.39, 0.29) is 0 Å². The van der Waals surface area contributed by atoms with Crippen LogP contribution in [0.2, 0.25) is 0 Å². The Bertz CT molecular complexity index is 1020. The predicted molar refractivity (Wildman–Crippen MR) is 110 cm³/mol. The smallest absolute Gasteiger partial charge is 0.153 e. The molecule has 1 unspecified atom stereocenters. The van der Waals surface area contributed by atoms with E-state index < -0.39 is 17.7 Å². The van der Waals surface area contributed by atoms with Crippen molar-refractivity contribution in [1.29, 1.82) is 0 Å². The number of hydrogen-bond donors (Lipinski definition) is 3. The van der Waals surface area contributed by atoms with Crippen LogP contribution >= 0.6 is 0 Å². The molecular formula is C21H24F2N6O. The fourth-order valence-electron chi connectivity index (χ4n) is 3.61. The quantitative estimate of drug-likeness (QED) is 0.547. The third kappa shape index (κ3) is 4.73. The number of benzene rings is 1. The largest absolute Gasteiger partial charge is 0.381 e. The van der Waals surface area contributed by atoms with Crippen molar-refractivity contribution < 1.29 is 13.5 Å². The fraction of sp³-hybridized carbons (Fsp3) is 0.381. The topological polar surface area (TPSA) is 87.8 Å². The van der Waals surface area contributed by atoms with Gasteiger partial charge in [0.2, 0.25) is 0 Å². The Morgan fingerprint density at radius 1 is 1.07 bits per heavy atom. The van der Waals surface area contributed by atoms with Gasteiger partial charge >= 0.3 is 0 Å². The molecule has 3 heterocycles. The number of hydrogen-bond acceptors (Lipinski definition) is 6. The number of rotatable bonds is 6. The highest BCUT2D eigenvalue weighted by Gasteiger charge is 2.18. The summed E-state index contributed by atoms with van der Waals surface area (Å²) in [5.41, 5.74) is 1.43. The van der Waals surface area contributed by atoms with Crippen molar-refractivity contribution in [2.75, 3.05) is 23.8 Å². The molecule has 0 saturated carbocycles. The Morgan fingerprint density at radius 2 is 1.83 bits per heavy atom. The molecule has 1 aliphatic rings. The Morgan fingerprint density at radius 3 is 2.60 bits per heavy atom. The molecule has 3 N–H and O–H groups in total. The molecule has 9 heteroatoms. The normalized spacial score (nSPS) is 15.7. The van der Waals surface area contributed by atoms with E-state index in [4.69, 9.17) is 4.74 Å². The van der Waals surface area contributed by atoms with Crippen LogP contribution in [0.3, 0.4) is 0 Å². The first-order valence-corrected chi connectivity index (χ1v) is 9.95. The van der Waals surface area contributed by atoms with Crippen molar-refractivity contribution in [3.8, 4) is 0 Å². The van der Waals surface area contributed by atoms with Crippen molar-refractivity contribution in [2.45, 2.75) is 38.6 Å². The lowest BCUT2D eigenvalue weighted by atomic mass is 9.97. The molecule has 3 aromatic rings. The zero-order valence-corrected chi connectivity index (χ0v) is 16.9. The molecule has 0 bridgehead atoms. The van der Waals surface area contributed by atoms with E-state index in [1.54, 1.807) is 19.9 Å². The van der Waals surface area contributed by atoms with E-state index in [1.165, 1.54) is 12.1 Å². The summed E-state index contributed by atoms with van der Waals surface area (Å²) in [6, 6.07) is 6.85. The molecule has 0 spiro atoms. The number of halogens is 2. The van der Waals surface area contributed by atoms with Gasteiger partial charge in [-0.3, -0.25) is 5.10 Å². The van der Waals surface area contributed by atoms with E-state index in [0.717, 1.165) is 37.8 Å². The summed E-state index contributed by atoms with van der Waals surface area (Å²) in [5.74, 6) is 1.52. The van der Waals surface area contributed by atoms with Crippen LogP contribution in [0.1, 0.15) is 48.8 Å². The number of aryl methyl sites for hydroxylation is 1. The maximum Gasteiger partial charge on any atom is 0.153 e. The van der Waals surface area contributed by atoms with Gasteiger partial charge in [0.15, 0.2) is 5.82 Å². The van der Waals surface area contributed by atoms with Crippen LogP contribution in [0.15, 0.2) is 30.3 Å². The van der Waals surface area contributed by atoms with Gasteiger partial charge < -0.3 is 15.4 Å². The van der Waals surface area contributed by atoms with Crippen LogP contribution in [0, 0.1) is 18.6 Å². The average Bonchev–Trinajstić information content (AvgIpc) is 3.16. The van der Waals surface area contributed by atoms with Gasteiger partial charge in [0, 0.05) is 48.6 Å². The monoisotopic (exact) mass is 414 g/mol. The second-order valence-electron chi connectivity index (χ2n) is 7.44. The molecule has 2 aromatic heterocycles. The van der Waals surface area contributed by atoms with Crippen molar-refractivity contribution in [2.24, 2.45) is 0 Å². The molecule has 0 amide bonds. The number of aromatic nitrogens is 4. The number of nitrogens with zero attached hydrogens (tertiary/aromatic N) is 3. The minimum atomic E-state index is -0.605. The van der Waals surface area contributed by atoms with Crippen molar-refractivity contribution in [3.05, 3.63) is 59.0 Å². The molecule has 7 nitrogen and oxygen atoms in total. The summed E-state index contributed by atoms with van der Waals surface area (Å²) in [5, 5.41) is 13.8. The molecule has 1 aromatic carbocycles. The van der Waals surface area contributed by atoms with Gasteiger partial charge in [-0.2, -0.15) is 5.10 Å². The lowest BCUT2D eigenvalue weighted by Gasteiger charge is -2.20. The van der Waals surface area contributed by atoms with Crippen LogP contribution in [0.5, 0.6) is 0 Å².